The number of carboxylic acid groups (broad SMARTS) is 1. The van der Waals surface area contributed by atoms with Crippen molar-refractivity contribution in [2.75, 3.05) is 19.6 Å². The van der Waals surface area contributed by atoms with Gasteiger partial charge in [0.25, 0.3) is 0 Å². The summed E-state index contributed by atoms with van der Waals surface area (Å²) in [6.07, 6.45) is -0.0733. The third kappa shape index (κ3) is 10.5. The van der Waals surface area contributed by atoms with Gasteiger partial charge in [0.15, 0.2) is 0 Å². The number of ether oxygens (including phenoxy) is 1. The van der Waals surface area contributed by atoms with Gasteiger partial charge in [0.05, 0.1) is 12.2 Å². The van der Waals surface area contributed by atoms with Crippen molar-refractivity contribution < 1.29 is 29.6 Å². The molecule has 3 unspecified atom stereocenters. The minimum absolute atomic E-state index is 0.336. The molecule has 3 atom stereocenters. The number of hydrogen-bond donors (Lipinski definition) is 3. The Morgan fingerprint density at radius 1 is 1.05 bits per heavy atom. The molecule has 0 aromatic rings. The zero-order valence-electron chi connectivity index (χ0n) is 12.0. The molecular weight excluding hydrogens is 266 g/mol. The molecule has 116 valence electrons. The lowest BCUT2D eigenvalue weighted by molar-refractivity contribution is -0.143. The Bertz CT molecular complexity index is 330. The smallest absolute Gasteiger partial charge is 0.331 e. The van der Waals surface area contributed by atoms with Crippen LogP contribution in [0.25, 0.3) is 0 Å². The van der Waals surface area contributed by atoms with Gasteiger partial charge in [-0.25, -0.2) is 9.59 Å². The summed E-state index contributed by atoms with van der Waals surface area (Å²) < 4.78 is 5.00. The molecule has 0 fully saturated rings. The van der Waals surface area contributed by atoms with Crippen molar-refractivity contribution in [3.8, 4) is 0 Å². The number of rotatable bonds is 9. The Labute approximate surface area is 118 Å². The van der Waals surface area contributed by atoms with Crippen LogP contribution in [-0.4, -0.2) is 70.1 Å². The molecule has 0 aromatic carbocycles. The Hall–Kier alpha value is -1.44. The van der Waals surface area contributed by atoms with Crippen LogP contribution in [0.4, 0.5) is 0 Å². The van der Waals surface area contributed by atoms with E-state index in [0.717, 1.165) is 6.08 Å². The lowest BCUT2D eigenvalue weighted by Gasteiger charge is -2.27. The number of hydrogen-bond acceptors (Lipinski definition) is 6. The first-order valence-corrected chi connectivity index (χ1v) is 6.40. The summed E-state index contributed by atoms with van der Waals surface area (Å²) in [4.78, 5) is 23.3. The second-order valence-electron chi connectivity index (χ2n) is 4.84. The van der Waals surface area contributed by atoms with E-state index in [0.29, 0.717) is 25.7 Å². The van der Waals surface area contributed by atoms with Crippen LogP contribution in [0, 0.1) is 0 Å². The van der Waals surface area contributed by atoms with Crippen molar-refractivity contribution in [1.82, 2.24) is 4.90 Å². The van der Waals surface area contributed by atoms with E-state index in [1.807, 2.05) is 0 Å². The topological polar surface area (TPSA) is 107 Å². The fourth-order valence-electron chi connectivity index (χ4n) is 1.75. The number of aliphatic carboxylic acids is 1. The minimum atomic E-state index is -1.22. The van der Waals surface area contributed by atoms with E-state index in [4.69, 9.17) is 9.84 Å². The van der Waals surface area contributed by atoms with Gasteiger partial charge in [-0.1, -0.05) is 0 Å². The molecule has 0 spiro atoms. The van der Waals surface area contributed by atoms with Crippen molar-refractivity contribution in [3.05, 3.63) is 12.2 Å². The van der Waals surface area contributed by atoms with E-state index < -0.39 is 30.3 Å². The van der Waals surface area contributed by atoms with Gasteiger partial charge >= 0.3 is 11.9 Å². The average Bonchev–Trinajstić information content (AvgIpc) is 2.23. The van der Waals surface area contributed by atoms with E-state index in [1.54, 1.807) is 25.7 Å². The van der Waals surface area contributed by atoms with Crippen LogP contribution in [0.2, 0.25) is 0 Å². The van der Waals surface area contributed by atoms with Crippen LogP contribution in [0.3, 0.4) is 0 Å². The van der Waals surface area contributed by atoms with Gasteiger partial charge in [-0.3, -0.25) is 4.90 Å². The molecule has 3 N–H and O–H groups in total. The predicted molar refractivity (Wildman–Crippen MR) is 72.1 cm³/mol. The van der Waals surface area contributed by atoms with Gasteiger partial charge in [0, 0.05) is 31.8 Å². The predicted octanol–water partition coefficient (Wildman–Crippen LogP) is -0.377. The number of nitrogens with zero attached hydrogens (tertiary/aromatic N) is 1. The molecule has 0 aliphatic carbocycles. The zero-order chi connectivity index (χ0) is 15.7. The molecule has 0 rings (SSSR count). The van der Waals surface area contributed by atoms with Gasteiger partial charge in [0.2, 0.25) is 0 Å². The van der Waals surface area contributed by atoms with Gasteiger partial charge in [-0.05, 0) is 20.8 Å². The van der Waals surface area contributed by atoms with E-state index in [9.17, 15) is 19.8 Å². The fourth-order valence-corrected chi connectivity index (χ4v) is 1.75. The highest BCUT2D eigenvalue weighted by molar-refractivity contribution is 5.90. The van der Waals surface area contributed by atoms with Crippen LogP contribution >= 0.6 is 0 Å². The first-order valence-electron chi connectivity index (χ1n) is 6.40. The van der Waals surface area contributed by atoms with E-state index in [2.05, 4.69) is 0 Å². The van der Waals surface area contributed by atoms with E-state index >= 15 is 0 Å². The lowest BCUT2D eigenvalue weighted by atomic mass is 10.2. The minimum Gasteiger partial charge on any atom is -0.478 e. The van der Waals surface area contributed by atoms with Crippen LogP contribution in [0.1, 0.15) is 20.8 Å². The summed E-state index contributed by atoms with van der Waals surface area (Å²) in [6.45, 7) is 5.93. The molecule has 0 heterocycles. The summed E-state index contributed by atoms with van der Waals surface area (Å²) in [5, 5.41) is 27.1. The summed E-state index contributed by atoms with van der Waals surface area (Å²) in [7, 11) is 0. The standard InChI is InChI=1S/C13H23NO6/c1-9(15)6-14(7-10(2)16)8-11(3)20-13(19)5-4-12(17)18/h4-5,9-11,15-16H,6-8H2,1-3H3,(H,17,18). The number of esters is 1. The molecule has 0 saturated carbocycles. The van der Waals surface area contributed by atoms with E-state index in [-0.39, 0.29) is 0 Å². The third-order valence-corrected chi connectivity index (χ3v) is 2.24. The van der Waals surface area contributed by atoms with Crippen LogP contribution in [0.5, 0.6) is 0 Å². The number of carbonyl (C=O) groups is 2. The van der Waals surface area contributed by atoms with Gasteiger partial charge in [-0.15, -0.1) is 0 Å². The molecule has 7 nitrogen and oxygen atoms in total. The maximum atomic E-state index is 11.3. The summed E-state index contributed by atoms with van der Waals surface area (Å²) >= 11 is 0. The highest BCUT2D eigenvalue weighted by atomic mass is 16.5. The number of carbonyl (C=O) groups excluding carboxylic acids is 1. The Kier molecular flexibility index (Phi) is 8.78. The highest BCUT2D eigenvalue weighted by Crippen LogP contribution is 2.01. The molecule has 0 aromatic heterocycles. The second kappa shape index (κ2) is 9.46. The lowest BCUT2D eigenvalue weighted by Crippen LogP contribution is -2.41. The highest BCUT2D eigenvalue weighted by Gasteiger charge is 2.16. The monoisotopic (exact) mass is 289 g/mol. The number of aliphatic hydroxyl groups excluding tert-OH is 2. The first kappa shape index (κ1) is 18.6. The quantitative estimate of drug-likeness (QED) is 0.392. The maximum absolute atomic E-state index is 11.3. The van der Waals surface area contributed by atoms with Crippen molar-refractivity contribution >= 4 is 11.9 Å². The second-order valence-corrected chi connectivity index (χ2v) is 4.84. The van der Waals surface area contributed by atoms with Crippen LogP contribution in [-0.2, 0) is 14.3 Å². The van der Waals surface area contributed by atoms with Crippen molar-refractivity contribution in [1.29, 1.82) is 0 Å². The van der Waals surface area contributed by atoms with Gasteiger partial charge < -0.3 is 20.1 Å². The van der Waals surface area contributed by atoms with Crippen molar-refractivity contribution in [2.24, 2.45) is 0 Å². The Morgan fingerprint density at radius 3 is 1.95 bits per heavy atom. The molecule has 0 radical (unpaired) electrons. The largest absolute Gasteiger partial charge is 0.478 e. The maximum Gasteiger partial charge on any atom is 0.331 e. The number of aliphatic hydroxyl groups is 2. The van der Waals surface area contributed by atoms with Crippen molar-refractivity contribution in [2.45, 2.75) is 39.1 Å². The molecule has 0 amide bonds. The van der Waals surface area contributed by atoms with Crippen LogP contribution in [0.15, 0.2) is 12.2 Å². The average molecular weight is 289 g/mol. The van der Waals surface area contributed by atoms with Gasteiger partial charge in [-0.2, -0.15) is 0 Å². The normalized spacial score (nSPS) is 16.1. The molecule has 0 aliphatic heterocycles. The summed E-state index contributed by atoms with van der Waals surface area (Å²) in [5.41, 5.74) is 0. The Morgan fingerprint density at radius 2 is 1.55 bits per heavy atom. The summed E-state index contributed by atoms with van der Waals surface area (Å²) in [6, 6.07) is 0. The SMILES string of the molecule is CC(O)CN(CC(C)O)CC(C)OC(=O)C=CC(=O)O. The molecule has 7 heteroatoms. The summed E-state index contributed by atoms with van der Waals surface area (Å²) in [5.74, 6) is -1.96. The molecular formula is C13H23NO6. The molecule has 20 heavy (non-hydrogen) atoms. The third-order valence-electron chi connectivity index (χ3n) is 2.24. The van der Waals surface area contributed by atoms with E-state index in [1.165, 1.54) is 0 Å². The fraction of sp³-hybridized carbons (Fsp3) is 0.692. The number of carboxylic acids is 1. The van der Waals surface area contributed by atoms with Gasteiger partial charge in [0.1, 0.15) is 6.10 Å². The van der Waals surface area contributed by atoms with Crippen LogP contribution < -0.4 is 0 Å². The molecule has 0 aliphatic rings. The zero-order valence-corrected chi connectivity index (χ0v) is 12.0. The Balaban J connectivity index is 4.33. The molecule has 0 bridgehead atoms. The molecule has 0 saturated heterocycles. The first-order chi connectivity index (χ1) is 9.20. The van der Waals surface area contributed by atoms with Crippen molar-refractivity contribution in [3.63, 3.8) is 0 Å².